The monoisotopic (exact) mass is 304 g/mol. The van der Waals surface area contributed by atoms with Crippen molar-refractivity contribution in [1.82, 2.24) is 14.9 Å². The van der Waals surface area contributed by atoms with Gasteiger partial charge in [-0.1, -0.05) is 12.8 Å². The molecule has 1 saturated carbocycles. The summed E-state index contributed by atoms with van der Waals surface area (Å²) in [6.07, 6.45) is 5.35. The van der Waals surface area contributed by atoms with Gasteiger partial charge in [-0.15, -0.1) is 11.3 Å². The van der Waals surface area contributed by atoms with Gasteiger partial charge in [0.15, 0.2) is 0 Å². The Morgan fingerprint density at radius 1 is 1.24 bits per heavy atom. The predicted octanol–water partition coefficient (Wildman–Crippen LogP) is 3.72. The van der Waals surface area contributed by atoms with Crippen LogP contribution in [0, 0.1) is 13.8 Å². The van der Waals surface area contributed by atoms with E-state index < -0.39 is 0 Å². The molecule has 2 aromatic rings. The molecule has 5 heteroatoms. The van der Waals surface area contributed by atoms with Crippen molar-refractivity contribution in [3.63, 3.8) is 0 Å². The van der Waals surface area contributed by atoms with Gasteiger partial charge in [0.1, 0.15) is 16.5 Å². The first-order valence-corrected chi connectivity index (χ1v) is 8.56. The lowest BCUT2D eigenvalue weighted by Gasteiger charge is -2.23. The fraction of sp³-hybridized carbons (Fsp3) is 0.625. The van der Waals surface area contributed by atoms with E-state index in [-0.39, 0.29) is 0 Å². The molecule has 21 heavy (non-hydrogen) atoms. The van der Waals surface area contributed by atoms with Gasteiger partial charge in [0.2, 0.25) is 0 Å². The fourth-order valence-electron chi connectivity index (χ4n) is 3.24. The first-order chi connectivity index (χ1) is 10.1. The van der Waals surface area contributed by atoms with Crippen LogP contribution in [0.4, 0.5) is 5.82 Å². The summed E-state index contributed by atoms with van der Waals surface area (Å²) in [7, 11) is 4.15. The lowest BCUT2D eigenvalue weighted by molar-refractivity contribution is 0.232. The van der Waals surface area contributed by atoms with Gasteiger partial charge in [0.05, 0.1) is 11.9 Å². The average Bonchev–Trinajstić information content (AvgIpc) is 3.08. The maximum absolute atomic E-state index is 4.80. The Bertz CT molecular complexity index is 643. The van der Waals surface area contributed by atoms with Crippen molar-refractivity contribution in [2.75, 3.05) is 19.4 Å². The number of aromatic nitrogens is 2. The second kappa shape index (κ2) is 5.89. The van der Waals surface area contributed by atoms with Crippen molar-refractivity contribution in [2.24, 2.45) is 0 Å². The van der Waals surface area contributed by atoms with Crippen molar-refractivity contribution >= 4 is 27.4 Å². The second-order valence-corrected chi connectivity index (χ2v) is 7.26. The Kier molecular flexibility index (Phi) is 4.13. The van der Waals surface area contributed by atoms with Crippen molar-refractivity contribution in [2.45, 2.75) is 52.1 Å². The van der Waals surface area contributed by atoms with Crippen LogP contribution in [0.5, 0.6) is 0 Å². The zero-order valence-corrected chi connectivity index (χ0v) is 14.2. The van der Waals surface area contributed by atoms with Gasteiger partial charge < -0.3 is 5.32 Å². The molecule has 0 saturated heterocycles. The molecule has 0 unspecified atom stereocenters. The van der Waals surface area contributed by atoms with E-state index in [1.165, 1.54) is 41.5 Å². The first-order valence-electron chi connectivity index (χ1n) is 7.74. The highest BCUT2D eigenvalue weighted by Crippen LogP contribution is 2.33. The summed E-state index contributed by atoms with van der Waals surface area (Å²) in [5.74, 6) is 1.90. The number of nitrogens with zero attached hydrogens (tertiary/aromatic N) is 3. The summed E-state index contributed by atoms with van der Waals surface area (Å²) in [6.45, 7) is 5.15. The standard InChI is InChI=1S/C16H24N4S/c1-10-11(2)21-16-14(10)15(17-3)18-13(19-16)9-20(4)12-7-5-6-8-12/h12H,5-9H2,1-4H3,(H,17,18,19). The molecule has 1 fully saturated rings. The average molecular weight is 304 g/mol. The van der Waals surface area contributed by atoms with Gasteiger partial charge in [-0.05, 0) is 39.3 Å². The molecular weight excluding hydrogens is 280 g/mol. The maximum Gasteiger partial charge on any atom is 0.146 e. The van der Waals surface area contributed by atoms with Crippen LogP contribution in [0.2, 0.25) is 0 Å². The Labute approximate surface area is 130 Å². The molecule has 1 aliphatic carbocycles. The van der Waals surface area contributed by atoms with Crippen LogP contribution in [0.3, 0.4) is 0 Å². The summed E-state index contributed by atoms with van der Waals surface area (Å²) in [5.41, 5.74) is 1.30. The number of thiophene rings is 1. The number of hydrogen-bond donors (Lipinski definition) is 1. The van der Waals surface area contributed by atoms with Gasteiger partial charge in [-0.25, -0.2) is 9.97 Å². The molecule has 114 valence electrons. The van der Waals surface area contributed by atoms with E-state index in [1.807, 2.05) is 7.05 Å². The molecule has 0 spiro atoms. The van der Waals surface area contributed by atoms with Crippen molar-refractivity contribution in [3.05, 3.63) is 16.3 Å². The van der Waals surface area contributed by atoms with Crippen molar-refractivity contribution in [1.29, 1.82) is 0 Å². The molecular formula is C16H24N4S. The number of aryl methyl sites for hydroxylation is 2. The number of rotatable bonds is 4. The van der Waals surface area contributed by atoms with E-state index in [9.17, 15) is 0 Å². The summed E-state index contributed by atoms with van der Waals surface area (Å²) >= 11 is 1.77. The number of anilines is 1. The van der Waals surface area contributed by atoms with Crippen LogP contribution >= 0.6 is 11.3 Å². The van der Waals surface area contributed by atoms with E-state index in [0.29, 0.717) is 6.04 Å². The van der Waals surface area contributed by atoms with Crippen LogP contribution in [-0.2, 0) is 6.54 Å². The van der Waals surface area contributed by atoms with Crippen LogP contribution in [-0.4, -0.2) is 35.0 Å². The van der Waals surface area contributed by atoms with Gasteiger partial charge in [-0.2, -0.15) is 0 Å². The second-order valence-electron chi connectivity index (χ2n) is 6.06. The topological polar surface area (TPSA) is 41.1 Å². The summed E-state index contributed by atoms with van der Waals surface area (Å²) in [5, 5.41) is 4.43. The lowest BCUT2D eigenvalue weighted by Crippen LogP contribution is -2.29. The molecule has 3 rings (SSSR count). The number of nitrogens with one attached hydrogen (secondary N) is 1. The van der Waals surface area contributed by atoms with Crippen LogP contribution in [0.1, 0.15) is 41.9 Å². The third kappa shape index (κ3) is 2.77. The Morgan fingerprint density at radius 2 is 1.95 bits per heavy atom. The van der Waals surface area contributed by atoms with Gasteiger partial charge >= 0.3 is 0 Å². The molecule has 0 radical (unpaired) electrons. The van der Waals surface area contributed by atoms with Crippen LogP contribution < -0.4 is 5.32 Å². The molecule has 1 aliphatic rings. The third-order valence-corrected chi connectivity index (χ3v) is 5.75. The first kappa shape index (κ1) is 14.7. The fourth-order valence-corrected chi connectivity index (χ4v) is 4.29. The van der Waals surface area contributed by atoms with Gasteiger partial charge in [0, 0.05) is 18.0 Å². The molecule has 4 nitrogen and oxygen atoms in total. The van der Waals surface area contributed by atoms with Gasteiger partial charge in [-0.3, -0.25) is 4.90 Å². The van der Waals surface area contributed by atoms with E-state index in [2.05, 4.69) is 31.1 Å². The molecule has 0 aromatic carbocycles. The quantitative estimate of drug-likeness (QED) is 0.934. The van der Waals surface area contributed by atoms with E-state index in [0.717, 1.165) is 23.0 Å². The lowest BCUT2D eigenvalue weighted by atomic mass is 10.2. The van der Waals surface area contributed by atoms with Crippen molar-refractivity contribution in [3.8, 4) is 0 Å². The molecule has 0 bridgehead atoms. The summed E-state index contributed by atoms with van der Waals surface area (Å²) in [6, 6.07) is 0.703. The molecule has 0 amide bonds. The SMILES string of the molecule is CNc1nc(CN(C)C2CCCC2)nc2sc(C)c(C)c12. The smallest absolute Gasteiger partial charge is 0.146 e. The van der Waals surface area contributed by atoms with E-state index in [1.54, 1.807) is 11.3 Å². The zero-order chi connectivity index (χ0) is 15.0. The number of fused-ring (bicyclic) bond motifs is 1. The largest absolute Gasteiger partial charge is 0.372 e. The normalized spacial score (nSPS) is 16.2. The summed E-state index contributed by atoms with van der Waals surface area (Å²) in [4.78, 5) is 14.4. The Balaban J connectivity index is 1.92. The molecule has 2 heterocycles. The zero-order valence-electron chi connectivity index (χ0n) is 13.4. The maximum atomic E-state index is 4.80. The highest BCUT2D eigenvalue weighted by Gasteiger charge is 2.21. The predicted molar refractivity (Wildman–Crippen MR) is 90.2 cm³/mol. The van der Waals surface area contributed by atoms with Gasteiger partial charge in [0.25, 0.3) is 0 Å². The minimum atomic E-state index is 0.703. The molecule has 1 N–H and O–H groups in total. The minimum absolute atomic E-state index is 0.703. The molecule has 0 atom stereocenters. The van der Waals surface area contributed by atoms with Crippen LogP contribution in [0.15, 0.2) is 0 Å². The molecule has 2 aromatic heterocycles. The summed E-state index contributed by atoms with van der Waals surface area (Å²) < 4.78 is 0. The van der Waals surface area contributed by atoms with E-state index in [4.69, 9.17) is 9.97 Å². The Hall–Kier alpha value is -1.20. The van der Waals surface area contributed by atoms with E-state index >= 15 is 0 Å². The number of hydrogen-bond acceptors (Lipinski definition) is 5. The third-order valence-electron chi connectivity index (χ3n) is 4.65. The van der Waals surface area contributed by atoms with Crippen LogP contribution in [0.25, 0.3) is 10.2 Å². The van der Waals surface area contributed by atoms with Crippen molar-refractivity contribution < 1.29 is 0 Å². The minimum Gasteiger partial charge on any atom is -0.372 e. The molecule has 0 aliphatic heterocycles. The highest BCUT2D eigenvalue weighted by molar-refractivity contribution is 7.18. The Morgan fingerprint density at radius 3 is 2.62 bits per heavy atom. The highest BCUT2D eigenvalue weighted by atomic mass is 32.1.